The Morgan fingerprint density at radius 1 is 1.32 bits per heavy atom. The summed E-state index contributed by atoms with van der Waals surface area (Å²) in [6, 6.07) is 5.28. The molecule has 4 rings (SSSR count). The summed E-state index contributed by atoms with van der Waals surface area (Å²) in [5.41, 5.74) is 0.913. The van der Waals surface area contributed by atoms with Crippen molar-refractivity contribution in [1.82, 2.24) is 19.7 Å². The monoisotopic (exact) mass is 388 g/mol. The molecule has 1 saturated heterocycles. The summed E-state index contributed by atoms with van der Waals surface area (Å²) in [7, 11) is 4.04. The zero-order valence-corrected chi connectivity index (χ0v) is 16.9. The van der Waals surface area contributed by atoms with E-state index in [9.17, 15) is 14.7 Å². The number of pyridine rings is 1. The lowest BCUT2D eigenvalue weighted by molar-refractivity contribution is -0.127. The molecule has 7 nitrogen and oxygen atoms in total. The number of rotatable bonds is 8. The molecule has 0 radical (unpaired) electrons. The highest BCUT2D eigenvalue weighted by Gasteiger charge is 2.56. The molecule has 2 aliphatic heterocycles. The quantitative estimate of drug-likeness (QED) is 0.626. The summed E-state index contributed by atoms with van der Waals surface area (Å²) < 4.78 is 1.82. The molecule has 1 saturated carbocycles. The fraction of sp³-hybridized carbons (Fsp3) is 0.714. The second kappa shape index (κ2) is 7.97. The number of nitrogens with one attached hydrogen (secondary N) is 1. The summed E-state index contributed by atoms with van der Waals surface area (Å²) in [6.45, 7) is 3.05. The molecule has 0 aromatic carbocycles. The fourth-order valence-electron chi connectivity index (χ4n) is 5.05. The number of aliphatic hydroxyl groups is 1. The molecule has 1 aromatic rings. The number of carbonyl (C=O) groups excluding carboxylic acids is 1. The van der Waals surface area contributed by atoms with Crippen molar-refractivity contribution in [2.24, 2.45) is 17.8 Å². The molecule has 1 amide bonds. The molecule has 1 aromatic heterocycles. The third-order valence-corrected chi connectivity index (χ3v) is 6.60. The Morgan fingerprint density at radius 2 is 2.11 bits per heavy atom. The van der Waals surface area contributed by atoms with E-state index in [1.807, 2.05) is 24.7 Å². The van der Waals surface area contributed by atoms with Crippen molar-refractivity contribution in [3.05, 3.63) is 34.2 Å². The molecule has 7 heteroatoms. The van der Waals surface area contributed by atoms with Crippen molar-refractivity contribution in [2.75, 3.05) is 40.3 Å². The Labute approximate surface area is 166 Å². The first-order chi connectivity index (χ1) is 13.5. The lowest BCUT2D eigenvalue weighted by Gasteiger charge is -2.38. The van der Waals surface area contributed by atoms with E-state index in [-0.39, 0.29) is 42.0 Å². The summed E-state index contributed by atoms with van der Waals surface area (Å²) in [4.78, 5) is 30.2. The average molecular weight is 389 g/mol. The molecule has 2 bridgehead atoms. The van der Waals surface area contributed by atoms with E-state index in [0.717, 1.165) is 25.2 Å². The normalized spacial score (nSPS) is 29.1. The third kappa shape index (κ3) is 3.63. The van der Waals surface area contributed by atoms with E-state index in [1.54, 1.807) is 12.1 Å². The smallest absolute Gasteiger partial charge is 0.250 e. The van der Waals surface area contributed by atoms with Crippen LogP contribution in [0.3, 0.4) is 0 Å². The Balaban J connectivity index is 1.61. The highest BCUT2D eigenvalue weighted by atomic mass is 16.3. The van der Waals surface area contributed by atoms with Gasteiger partial charge in [-0.15, -0.1) is 0 Å². The van der Waals surface area contributed by atoms with Crippen molar-refractivity contribution in [3.8, 4) is 0 Å². The molecular weight excluding hydrogens is 356 g/mol. The minimum atomic E-state index is -0.316. The predicted molar refractivity (Wildman–Crippen MR) is 107 cm³/mol. The Bertz CT molecular complexity index is 773. The molecule has 0 spiro atoms. The average Bonchev–Trinajstić information content (AvgIpc) is 3.44. The lowest BCUT2D eigenvalue weighted by atomic mass is 9.86. The van der Waals surface area contributed by atoms with Gasteiger partial charge in [0.2, 0.25) is 5.91 Å². The van der Waals surface area contributed by atoms with Crippen molar-refractivity contribution >= 4 is 5.91 Å². The largest absolute Gasteiger partial charge is 0.396 e. The highest BCUT2D eigenvalue weighted by molar-refractivity contribution is 5.80. The van der Waals surface area contributed by atoms with Crippen LogP contribution in [-0.2, 0) is 11.3 Å². The molecule has 3 heterocycles. The van der Waals surface area contributed by atoms with Gasteiger partial charge in [0.1, 0.15) is 0 Å². The fourth-order valence-corrected chi connectivity index (χ4v) is 5.05. The van der Waals surface area contributed by atoms with Gasteiger partial charge in [0.15, 0.2) is 0 Å². The zero-order chi connectivity index (χ0) is 19.8. The van der Waals surface area contributed by atoms with Gasteiger partial charge in [-0.05, 0) is 51.9 Å². The minimum Gasteiger partial charge on any atom is -0.396 e. The molecule has 1 aliphatic carbocycles. The third-order valence-electron chi connectivity index (χ3n) is 6.60. The SMILES string of the molecule is CN(C)CCCNC(=O)[C@@H]1[C@@H](CO)[C@@H]2Cn3c(cccc3=O)[C@H]1N2CC1CC1. The summed E-state index contributed by atoms with van der Waals surface area (Å²) in [6.07, 6.45) is 3.37. The summed E-state index contributed by atoms with van der Waals surface area (Å²) in [5, 5.41) is 13.3. The van der Waals surface area contributed by atoms with Gasteiger partial charge < -0.3 is 19.9 Å². The van der Waals surface area contributed by atoms with Gasteiger partial charge in [-0.3, -0.25) is 14.5 Å². The molecule has 3 aliphatic rings. The van der Waals surface area contributed by atoms with E-state index >= 15 is 0 Å². The Hall–Kier alpha value is -1.70. The summed E-state index contributed by atoms with van der Waals surface area (Å²) >= 11 is 0. The molecule has 2 fully saturated rings. The second-order valence-corrected chi connectivity index (χ2v) is 8.87. The van der Waals surface area contributed by atoms with Crippen LogP contribution in [0.15, 0.2) is 23.0 Å². The van der Waals surface area contributed by atoms with Crippen LogP contribution >= 0.6 is 0 Å². The second-order valence-electron chi connectivity index (χ2n) is 8.87. The van der Waals surface area contributed by atoms with Crippen LogP contribution in [0.1, 0.15) is 31.0 Å². The summed E-state index contributed by atoms with van der Waals surface area (Å²) in [5.74, 6) is 0.240. The Kier molecular flexibility index (Phi) is 5.58. The van der Waals surface area contributed by atoms with Gasteiger partial charge in [-0.2, -0.15) is 0 Å². The number of aliphatic hydroxyl groups excluding tert-OH is 1. The standard InChI is InChI=1S/C21H32N4O3/c1-23(2)10-4-9-22-21(28)19-15(13-26)17-12-24-16(5-3-6-18(24)27)20(19)25(17)11-14-7-8-14/h3,5-6,14-15,17,19-20,26H,4,7-13H2,1-2H3,(H,22,28)/t15-,17-,19+,20+/m0/s1. The van der Waals surface area contributed by atoms with E-state index in [0.29, 0.717) is 19.0 Å². The molecule has 0 unspecified atom stereocenters. The highest BCUT2D eigenvalue weighted by Crippen LogP contribution is 2.49. The number of aromatic nitrogens is 1. The van der Waals surface area contributed by atoms with Crippen molar-refractivity contribution in [1.29, 1.82) is 0 Å². The number of nitrogens with zero attached hydrogens (tertiary/aromatic N) is 3. The number of fused-ring (bicyclic) bond motifs is 4. The van der Waals surface area contributed by atoms with Crippen LogP contribution in [0, 0.1) is 17.8 Å². The molecule has 28 heavy (non-hydrogen) atoms. The van der Waals surface area contributed by atoms with Gasteiger partial charge in [0, 0.05) is 50.0 Å². The zero-order valence-electron chi connectivity index (χ0n) is 16.9. The van der Waals surface area contributed by atoms with Gasteiger partial charge in [-0.1, -0.05) is 6.07 Å². The van der Waals surface area contributed by atoms with Crippen LogP contribution in [0.25, 0.3) is 0 Å². The maximum Gasteiger partial charge on any atom is 0.250 e. The van der Waals surface area contributed by atoms with Crippen LogP contribution in [0.5, 0.6) is 0 Å². The van der Waals surface area contributed by atoms with Gasteiger partial charge >= 0.3 is 0 Å². The minimum absolute atomic E-state index is 0.0101. The first-order valence-corrected chi connectivity index (χ1v) is 10.5. The topological polar surface area (TPSA) is 77.8 Å². The van der Waals surface area contributed by atoms with E-state index in [2.05, 4.69) is 15.1 Å². The Morgan fingerprint density at radius 3 is 2.79 bits per heavy atom. The molecule has 2 N–H and O–H groups in total. The predicted octanol–water partition coefficient (Wildman–Crippen LogP) is 0.290. The number of carbonyl (C=O) groups is 1. The van der Waals surface area contributed by atoms with Gasteiger partial charge in [0.25, 0.3) is 5.56 Å². The molecule has 4 atom stereocenters. The van der Waals surface area contributed by atoms with Gasteiger partial charge in [-0.25, -0.2) is 0 Å². The lowest BCUT2D eigenvalue weighted by Crippen LogP contribution is -2.47. The van der Waals surface area contributed by atoms with E-state index in [4.69, 9.17) is 0 Å². The number of hydrogen-bond acceptors (Lipinski definition) is 5. The van der Waals surface area contributed by atoms with Crippen molar-refractivity contribution < 1.29 is 9.90 Å². The number of amides is 1. The van der Waals surface area contributed by atoms with E-state index in [1.165, 1.54) is 12.8 Å². The van der Waals surface area contributed by atoms with Crippen LogP contribution < -0.4 is 10.9 Å². The van der Waals surface area contributed by atoms with Crippen LogP contribution in [-0.4, -0.2) is 71.8 Å². The van der Waals surface area contributed by atoms with Gasteiger partial charge in [0.05, 0.1) is 12.0 Å². The van der Waals surface area contributed by atoms with Crippen LogP contribution in [0.2, 0.25) is 0 Å². The van der Waals surface area contributed by atoms with Crippen LogP contribution in [0.4, 0.5) is 0 Å². The first kappa shape index (κ1) is 19.6. The van der Waals surface area contributed by atoms with Crippen molar-refractivity contribution in [2.45, 2.75) is 37.9 Å². The molecular formula is C21H32N4O3. The molecule has 154 valence electrons. The maximum absolute atomic E-state index is 13.2. The first-order valence-electron chi connectivity index (χ1n) is 10.5. The van der Waals surface area contributed by atoms with Crippen molar-refractivity contribution in [3.63, 3.8) is 0 Å². The number of hydrogen-bond donors (Lipinski definition) is 2. The maximum atomic E-state index is 13.2. The van der Waals surface area contributed by atoms with E-state index < -0.39 is 0 Å².